The van der Waals surface area contributed by atoms with Crippen LogP contribution in [0.25, 0.3) is 0 Å². The maximum absolute atomic E-state index is 13.6. The van der Waals surface area contributed by atoms with Crippen LogP contribution in [0.2, 0.25) is 5.02 Å². The monoisotopic (exact) mass is 534 g/mol. The second kappa shape index (κ2) is 10.4. The number of thiophene rings is 1. The Hall–Kier alpha value is -2.92. The third kappa shape index (κ3) is 5.06. The summed E-state index contributed by atoms with van der Waals surface area (Å²) in [4.78, 5) is 27.3. The molecular weight excluding hydrogens is 512 g/mol. The number of hydrogen-bond donors (Lipinski definition) is 0. The first kappa shape index (κ1) is 25.2. The molecule has 11 heteroatoms. The number of imide groups is 1. The van der Waals surface area contributed by atoms with E-state index >= 15 is 0 Å². The van der Waals surface area contributed by atoms with Gasteiger partial charge in [0.05, 0.1) is 26.3 Å². The molecule has 2 amide bonds. The molecule has 184 valence electrons. The fourth-order valence-electron chi connectivity index (χ4n) is 3.95. The molecule has 0 spiro atoms. The van der Waals surface area contributed by atoms with Gasteiger partial charge in [0.15, 0.2) is 11.5 Å². The smallest absolute Gasteiger partial charge is 0.253 e. The minimum absolute atomic E-state index is 0.00609. The number of ether oxygens (including phenoxy) is 2. The van der Waals surface area contributed by atoms with Gasteiger partial charge >= 0.3 is 0 Å². The molecule has 1 aromatic heterocycles. The summed E-state index contributed by atoms with van der Waals surface area (Å²) in [5.74, 6) is -0.00207. The molecular formula is C24H23ClN2O6S2. The van der Waals surface area contributed by atoms with Gasteiger partial charge < -0.3 is 9.47 Å². The fourth-order valence-corrected chi connectivity index (χ4v) is 6.77. The van der Waals surface area contributed by atoms with E-state index in [0.29, 0.717) is 28.6 Å². The van der Waals surface area contributed by atoms with Gasteiger partial charge in [-0.05, 0) is 59.8 Å². The number of halogens is 1. The van der Waals surface area contributed by atoms with Crippen LogP contribution < -0.4 is 14.4 Å². The Balaban J connectivity index is 1.66. The summed E-state index contributed by atoms with van der Waals surface area (Å²) >= 11 is 7.00. The number of rotatable bonds is 9. The van der Waals surface area contributed by atoms with E-state index in [1.54, 1.807) is 53.9 Å². The standard InChI is InChI=1S/C24H23ClN2O6S2/c1-32-20-10-5-16(14-21(20)33-2)11-12-26(35(30,31)23-4-3-13-34-23)19-15-22(28)27(24(19)29)18-8-6-17(25)7-9-18/h3-10,13-14,19H,11-12,15H2,1-2H3. The highest BCUT2D eigenvalue weighted by Gasteiger charge is 2.47. The lowest BCUT2D eigenvalue weighted by Gasteiger charge is -2.26. The summed E-state index contributed by atoms with van der Waals surface area (Å²) in [7, 11) is -0.986. The molecule has 1 fully saturated rings. The SMILES string of the molecule is COc1ccc(CCN(C2CC(=O)N(c3ccc(Cl)cc3)C2=O)S(=O)(=O)c2cccs2)cc1OC. The lowest BCUT2D eigenvalue weighted by atomic mass is 10.1. The van der Waals surface area contributed by atoms with E-state index in [2.05, 4.69) is 0 Å². The van der Waals surface area contributed by atoms with Crippen molar-refractivity contribution in [1.29, 1.82) is 0 Å². The van der Waals surface area contributed by atoms with E-state index in [-0.39, 0.29) is 17.2 Å². The number of benzene rings is 2. The van der Waals surface area contributed by atoms with Crippen LogP contribution >= 0.6 is 22.9 Å². The highest BCUT2D eigenvalue weighted by molar-refractivity contribution is 7.91. The normalized spacial score (nSPS) is 16.2. The Labute approximate surface area is 212 Å². The van der Waals surface area contributed by atoms with E-state index in [9.17, 15) is 18.0 Å². The maximum Gasteiger partial charge on any atom is 0.253 e. The molecule has 35 heavy (non-hydrogen) atoms. The van der Waals surface area contributed by atoms with Crippen molar-refractivity contribution in [2.45, 2.75) is 23.1 Å². The van der Waals surface area contributed by atoms with Gasteiger partial charge in [-0.25, -0.2) is 13.3 Å². The van der Waals surface area contributed by atoms with Crippen molar-refractivity contribution in [3.05, 3.63) is 70.6 Å². The third-order valence-corrected chi connectivity index (χ3v) is 9.22. The predicted molar refractivity (Wildman–Crippen MR) is 134 cm³/mol. The number of hydrogen-bond acceptors (Lipinski definition) is 7. The number of carbonyl (C=O) groups excluding carboxylic acids is 2. The number of methoxy groups -OCH3 is 2. The van der Waals surface area contributed by atoms with Gasteiger partial charge in [0.1, 0.15) is 10.3 Å². The fraction of sp³-hybridized carbons (Fsp3) is 0.250. The van der Waals surface area contributed by atoms with Gasteiger partial charge in [0.25, 0.3) is 15.9 Å². The second-order valence-corrected chi connectivity index (χ2v) is 11.3. The minimum Gasteiger partial charge on any atom is -0.493 e. The molecule has 1 aliphatic heterocycles. The van der Waals surface area contributed by atoms with Gasteiger partial charge in [0, 0.05) is 11.6 Å². The number of carbonyl (C=O) groups is 2. The zero-order chi connectivity index (χ0) is 25.2. The molecule has 3 aromatic rings. The lowest BCUT2D eigenvalue weighted by molar-refractivity contribution is -0.122. The Morgan fingerprint density at radius 1 is 1.06 bits per heavy atom. The topological polar surface area (TPSA) is 93.2 Å². The van der Waals surface area contributed by atoms with Crippen LogP contribution in [0.15, 0.2) is 64.2 Å². The largest absolute Gasteiger partial charge is 0.493 e. The molecule has 1 aliphatic rings. The zero-order valence-electron chi connectivity index (χ0n) is 19.0. The van der Waals surface area contributed by atoms with Crippen LogP contribution in [0.3, 0.4) is 0 Å². The van der Waals surface area contributed by atoms with Crippen molar-refractivity contribution >= 4 is 50.5 Å². The van der Waals surface area contributed by atoms with Crippen molar-refractivity contribution in [3.63, 3.8) is 0 Å². The number of amides is 2. The van der Waals surface area contributed by atoms with Crippen molar-refractivity contribution in [3.8, 4) is 11.5 Å². The minimum atomic E-state index is -4.03. The first-order valence-electron chi connectivity index (χ1n) is 10.6. The van der Waals surface area contributed by atoms with Crippen LogP contribution in [-0.4, -0.2) is 51.3 Å². The van der Waals surface area contributed by atoms with Gasteiger partial charge in [0.2, 0.25) is 5.91 Å². The van der Waals surface area contributed by atoms with E-state index in [4.69, 9.17) is 21.1 Å². The van der Waals surface area contributed by atoms with Crippen molar-refractivity contribution in [2.75, 3.05) is 25.7 Å². The van der Waals surface area contributed by atoms with E-state index in [1.165, 1.54) is 20.3 Å². The van der Waals surface area contributed by atoms with E-state index < -0.39 is 27.9 Å². The summed E-state index contributed by atoms with van der Waals surface area (Å²) in [6.45, 7) is -0.00609. The third-order valence-electron chi connectivity index (χ3n) is 5.68. The van der Waals surface area contributed by atoms with Crippen molar-refractivity contribution in [2.24, 2.45) is 0 Å². The Morgan fingerprint density at radius 3 is 2.40 bits per heavy atom. The van der Waals surface area contributed by atoms with Crippen LogP contribution in [-0.2, 0) is 26.0 Å². The van der Waals surface area contributed by atoms with Crippen molar-refractivity contribution in [1.82, 2.24) is 4.31 Å². The predicted octanol–water partition coefficient (Wildman–Crippen LogP) is 3.98. The number of nitrogens with zero attached hydrogens (tertiary/aromatic N) is 2. The highest BCUT2D eigenvalue weighted by atomic mass is 35.5. The molecule has 4 rings (SSSR count). The number of sulfonamides is 1. The molecule has 1 saturated heterocycles. The Kier molecular flexibility index (Phi) is 7.46. The van der Waals surface area contributed by atoms with Gasteiger partial charge in [-0.15, -0.1) is 11.3 Å². The summed E-state index contributed by atoms with van der Waals surface area (Å²) in [5, 5.41) is 2.11. The molecule has 2 heterocycles. The van der Waals surface area contributed by atoms with Gasteiger partial charge in [-0.3, -0.25) is 9.59 Å². The molecule has 0 radical (unpaired) electrons. The maximum atomic E-state index is 13.6. The molecule has 0 saturated carbocycles. The quantitative estimate of drug-likeness (QED) is 0.385. The average molecular weight is 535 g/mol. The van der Waals surface area contributed by atoms with Crippen LogP contribution in [0.5, 0.6) is 11.5 Å². The van der Waals surface area contributed by atoms with E-state index in [1.807, 2.05) is 0 Å². The highest BCUT2D eigenvalue weighted by Crippen LogP contribution is 2.32. The average Bonchev–Trinajstić information content (AvgIpc) is 3.49. The summed E-state index contributed by atoms with van der Waals surface area (Å²) in [6, 6.07) is 13.5. The van der Waals surface area contributed by atoms with Crippen LogP contribution in [0.1, 0.15) is 12.0 Å². The molecule has 0 N–H and O–H groups in total. The summed E-state index contributed by atoms with van der Waals surface area (Å²) in [6.07, 6.45) is 0.0435. The van der Waals surface area contributed by atoms with Crippen LogP contribution in [0.4, 0.5) is 5.69 Å². The molecule has 0 aliphatic carbocycles. The van der Waals surface area contributed by atoms with Gasteiger partial charge in [-0.1, -0.05) is 23.7 Å². The Bertz CT molecular complexity index is 1330. The lowest BCUT2D eigenvalue weighted by Crippen LogP contribution is -2.46. The zero-order valence-corrected chi connectivity index (χ0v) is 21.4. The molecule has 1 unspecified atom stereocenters. The first-order chi connectivity index (χ1) is 16.8. The second-order valence-electron chi connectivity index (χ2n) is 7.75. The molecule has 2 aromatic carbocycles. The molecule has 1 atom stereocenters. The van der Waals surface area contributed by atoms with E-state index in [0.717, 1.165) is 26.1 Å². The molecule has 8 nitrogen and oxygen atoms in total. The summed E-state index contributed by atoms with van der Waals surface area (Å²) < 4.78 is 39.0. The first-order valence-corrected chi connectivity index (χ1v) is 13.3. The van der Waals surface area contributed by atoms with Gasteiger partial charge in [-0.2, -0.15) is 4.31 Å². The van der Waals surface area contributed by atoms with Crippen molar-refractivity contribution < 1.29 is 27.5 Å². The summed E-state index contributed by atoms with van der Waals surface area (Å²) in [5.41, 5.74) is 1.14. The van der Waals surface area contributed by atoms with Crippen LogP contribution in [0, 0.1) is 0 Å². The Morgan fingerprint density at radius 2 is 1.77 bits per heavy atom. The molecule has 0 bridgehead atoms. The number of anilines is 1.